The molecule has 56 heavy (non-hydrogen) atoms. The SMILES string of the molecule is C=C/C=C\c1ccccc1-c1cccc(-c2ccccccc(-c3ccc4c(c3)-c3c(c5c6ccccc6sc5c5ccccc35)C4(C)C)c3ccccc23)c1. The molecule has 1 heteroatoms. The third-order valence-electron chi connectivity index (χ3n) is 11.7. The molecule has 10 rings (SSSR count). The number of rotatable bonds is 5. The van der Waals surface area contributed by atoms with Crippen molar-refractivity contribution in [3.63, 3.8) is 0 Å². The lowest BCUT2D eigenvalue weighted by Gasteiger charge is -2.23. The van der Waals surface area contributed by atoms with Gasteiger partial charge in [0.1, 0.15) is 0 Å². The van der Waals surface area contributed by atoms with Crippen molar-refractivity contribution in [2.45, 2.75) is 19.3 Å². The van der Waals surface area contributed by atoms with Gasteiger partial charge in [-0.25, -0.2) is 0 Å². The number of thiophene rings is 1. The molecule has 266 valence electrons. The van der Waals surface area contributed by atoms with Crippen molar-refractivity contribution in [2.75, 3.05) is 0 Å². The molecule has 1 aromatic heterocycles. The Hall–Kier alpha value is -6.54. The average Bonchev–Trinajstić information content (AvgIpc) is 3.74. The second kappa shape index (κ2) is 13.6. The fourth-order valence-corrected chi connectivity index (χ4v) is 10.4. The van der Waals surface area contributed by atoms with Crippen molar-refractivity contribution in [3.8, 4) is 44.5 Å². The van der Waals surface area contributed by atoms with E-state index in [0.717, 1.165) is 0 Å². The Morgan fingerprint density at radius 3 is 1.79 bits per heavy atom. The van der Waals surface area contributed by atoms with E-state index in [1.807, 2.05) is 23.5 Å². The molecule has 0 amide bonds. The highest BCUT2D eigenvalue weighted by Gasteiger charge is 2.39. The summed E-state index contributed by atoms with van der Waals surface area (Å²) >= 11 is 1.93. The smallest absolute Gasteiger partial charge is 0.0437 e. The van der Waals surface area contributed by atoms with E-state index in [1.165, 1.54) is 103 Å². The summed E-state index contributed by atoms with van der Waals surface area (Å²) in [5, 5.41) is 7.86. The number of hydrogen-bond donors (Lipinski definition) is 0. The fraction of sp³-hybridized carbons (Fsp3) is 0.0545. The summed E-state index contributed by atoms with van der Waals surface area (Å²) in [6.07, 6.45) is 5.96. The quantitative estimate of drug-likeness (QED) is 0.155. The van der Waals surface area contributed by atoms with Crippen molar-refractivity contribution in [2.24, 2.45) is 0 Å². The highest BCUT2D eigenvalue weighted by molar-refractivity contribution is 7.26. The first-order chi connectivity index (χ1) is 27.5. The topological polar surface area (TPSA) is 0 Å². The minimum Gasteiger partial charge on any atom is -0.135 e. The van der Waals surface area contributed by atoms with Gasteiger partial charge in [-0.15, -0.1) is 11.3 Å². The van der Waals surface area contributed by atoms with Crippen LogP contribution in [0.25, 0.3) is 92.3 Å². The van der Waals surface area contributed by atoms with E-state index in [0.29, 0.717) is 0 Å². The van der Waals surface area contributed by atoms with E-state index in [2.05, 4.69) is 202 Å². The molecule has 0 spiro atoms. The van der Waals surface area contributed by atoms with E-state index in [4.69, 9.17) is 0 Å². The van der Waals surface area contributed by atoms with E-state index in [-0.39, 0.29) is 5.41 Å². The molecule has 0 radical (unpaired) electrons. The van der Waals surface area contributed by atoms with Crippen LogP contribution in [0.4, 0.5) is 0 Å². The van der Waals surface area contributed by atoms with Crippen LogP contribution < -0.4 is 0 Å². The van der Waals surface area contributed by atoms with Crippen molar-refractivity contribution >= 4 is 59.1 Å². The summed E-state index contributed by atoms with van der Waals surface area (Å²) in [6, 6.07) is 64.8. The minimum absolute atomic E-state index is 0.163. The van der Waals surface area contributed by atoms with Crippen molar-refractivity contribution in [3.05, 3.63) is 211 Å². The standard InChI is InChI=1S/C55H40S/c1-4-5-19-36-20-10-11-23-40(36)37-21-18-22-38(34-37)41-24-8-6-7-9-25-42(44-27-13-12-26-43(41)44)39-32-33-49-48(35-39)51-45-28-14-15-29-46(45)54-52(53(51)55(49,2)3)47-30-16-17-31-50(47)56-54/h4-35H,1H2,2-3H3/b7-6?,8-6?,9-7?,19-5-,24-8?,25-9?,41-24?,42-25?,43-41?,44-42?. The maximum absolute atomic E-state index is 3.89. The monoisotopic (exact) mass is 732 g/mol. The average molecular weight is 733 g/mol. The molecule has 0 fully saturated rings. The molecular weight excluding hydrogens is 693 g/mol. The largest absolute Gasteiger partial charge is 0.135 e. The number of hydrogen-bond acceptors (Lipinski definition) is 1. The summed E-state index contributed by atoms with van der Waals surface area (Å²) in [5.41, 5.74) is 13.7. The maximum Gasteiger partial charge on any atom is 0.0437 e. The first-order valence-electron chi connectivity index (χ1n) is 19.4. The van der Waals surface area contributed by atoms with E-state index in [9.17, 15) is 0 Å². The van der Waals surface area contributed by atoms with Crippen LogP contribution in [0, 0.1) is 0 Å². The Morgan fingerprint density at radius 2 is 1.05 bits per heavy atom. The van der Waals surface area contributed by atoms with Gasteiger partial charge in [0.25, 0.3) is 0 Å². The molecule has 1 heterocycles. The molecule has 0 unspecified atom stereocenters. The molecule has 8 aromatic carbocycles. The van der Waals surface area contributed by atoms with Crippen LogP contribution in [-0.2, 0) is 5.41 Å². The molecule has 0 nitrogen and oxygen atoms in total. The Labute approximate surface area is 332 Å². The zero-order chi connectivity index (χ0) is 37.8. The van der Waals surface area contributed by atoms with Gasteiger partial charge in [0, 0.05) is 31.0 Å². The second-order valence-electron chi connectivity index (χ2n) is 15.2. The maximum atomic E-state index is 3.89. The van der Waals surface area contributed by atoms with Crippen LogP contribution in [0.1, 0.15) is 30.5 Å². The van der Waals surface area contributed by atoms with E-state index < -0.39 is 0 Å². The Morgan fingerprint density at radius 1 is 0.482 bits per heavy atom. The second-order valence-corrected chi connectivity index (χ2v) is 16.3. The molecule has 1 aliphatic rings. The molecule has 0 N–H and O–H groups in total. The van der Waals surface area contributed by atoms with Gasteiger partial charge in [0.2, 0.25) is 0 Å². The summed E-state index contributed by atoms with van der Waals surface area (Å²) < 4.78 is 2.74. The first kappa shape index (κ1) is 34.0. The summed E-state index contributed by atoms with van der Waals surface area (Å²) in [6.45, 7) is 8.73. The lowest BCUT2D eigenvalue weighted by Crippen LogP contribution is -2.15. The van der Waals surface area contributed by atoms with Crippen molar-refractivity contribution in [1.29, 1.82) is 0 Å². The zero-order valence-electron chi connectivity index (χ0n) is 31.6. The summed E-state index contributed by atoms with van der Waals surface area (Å²) in [7, 11) is 0. The predicted molar refractivity (Wildman–Crippen MR) is 245 cm³/mol. The van der Waals surface area contributed by atoms with Crippen molar-refractivity contribution in [1.82, 2.24) is 0 Å². The molecule has 0 saturated heterocycles. The van der Waals surface area contributed by atoms with Crippen LogP contribution >= 0.6 is 11.3 Å². The normalized spacial score (nSPS) is 13.0. The Kier molecular flexibility index (Phi) is 8.28. The van der Waals surface area contributed by atoms with Crippen LogP contribution in [-0.4, -0.2) is 0 Å². The molecule has 9 aromatic rings. The molecule has 0 atom stereocenters. The molecule has 0 saturated carbocycles. The van der Waals surface area contributed by atoms with Gasteiger partial charge in [0.05, 0.1) is 0 Å². The van der Waals surface area contributed by atoms with Crippen LogP contribution in [0.15, 0.2) is 195 Å². The Bertz CT molecular complexity index is 3130. The third kappa shape index (κ3) is 5.42. The number of fused-ring (bicyclic) bond motifs is 11. The van der Waals surface area contributed by atoms with Gasteiger partial charge >= 0.3 is 0 Å². The number of benzene rings is 7. The predicted octanol–water partition coefficient (Wildman–Crippen LogP) is 16.0. The molecule has 0 aliphatic heterocycles. The van der Waals surface area contributed by atoms with E-state index in [1.54, 1.807) is 0 Å². The Balaban J connectivity index is 1.22. The van der Waals surface area contributed by atoms with Crippen LogP contribution in [0.2, 0.25) is 0 Å². The van der Waals surface area contributed by atoms with Gasteiger partial charge in [-0.05, 0) is 95.6 Å². The summed E-state index contributed by atoms with van der Waals surface area (Å²) in [4.78, 5) is 0. The highest BCUT2D eigenvalue weighted by atomic mass is 32.1. The lowest BCUT2D eigenvalue weighted by molar-refractivity contribution is 0.667. The summed E-state index contributed by atoms with van der Waals surface area (Å²) in [5.74, 6) is 0. The zero-order valence-corrected chi connectivity index (χ0v) is 32.4. The van der Waals surface area contributed by atoms with Crippen molar-refractivity contribution < 1.29 is 0 Å². The van der Waals surface area contributed by atoms with Gasteiger partial charge in [-0.2, -0.15) is 0 Å². The highest BCUT2D eigenvalue weighted by Crippen LogP contribution is 2.57. The van der Waals surface area contributed by atoms with Crippen LogP contribution in [0.5, 0.6) is 0 Å². The van der Waals surface area contributed by atoms with E-state index >= 15 is 0 Å². The minimum atomic E-state index is -0.163. The first-order valence-corrected chi connectivity index (χ1v) is 20.2. The number of allylic oxidation sites excluding steroid dienone is 2. The molecule has 0 bridgehead atoms. The molecular formula is C55H40S. The lowest BCUT2D eigenvalue weighted by atomic mass is 9.79. The van der Waals surface area contributed by atoms with Gasteiger partial charge in [0.15, 0.2) is 0 Å². The van der Waals surface area contributed by atoms with Gasteiger partial charge in [-0.3, -0.25) is 0 Å². The third-order valence-corrected chi connectivity index (χ3v) is 12.9. The van der Waals surface area contributed by atoms with Crippen LogP contribution in [0.3, 0.4) is 0 Å². The fourth-order valence-electron chi connectivity index (χ4n) is 9.14. The van der Waals surface area contributed by atoms with Gasteiger partial charge in [-0.1, -0.05) is 196 Å². The van der Waals surface area contributed by atoms with Gasteiger partial charge < -0.3 is 0 Å². The molecule has 1 aliphatic carbocycles.